The summed E-state index contributed by atoms with van der Waals surface area (Å²) in [5.41, 5.74) is -0.951. The van der Waals surface area contributed by atoms with E-state index >= 15 is 0 Å². The Labute approximate surface area is 73.5 Å². The van der Waals surface area contributed by atoms with Crippen molar-refractivity contribution in [2.24, 2.45) is 5.41 Å². The first-order chi connectivity index (χ1) is 5.56. The van der Waals surface area contributed by atoms with Gasteiger partial charge in [0.15, 0.2) is 0 Å². The summed E-state index contributed by atoms with van der Waals surface area (Å²) in [6, 6.07) is 0. The molecule has 0 spiro atoms. The fourth-order valence-electron chi connectivity index (χ4n) is 1.01. The molecule has 0 aliphatic carbocycles. The summed E-state index contributed by atoms with van der Waals surface area (Å²) < 4.78 is 25.4. The zero-order valence-corrected chi connectivity index (χ0v) is 7.64. The highest BCUT2D eigenvalue weighted by Crippen LogP contribution is 2.60. The first-order valence-electron chi connectivity index (χ1n) is 3.30. The van der Waals surface area contributed by atoms with Gasteiger partial charge in [-0.15, -0.1) is 0 Å². The minimum atomic E-state index is -3.32. The van der Waals surface area contributed by atoms with Gasteiger partial charge in [0, 0.05) is 0 Å². The van der Waals surface area contributed by atoms with Gasteiger partial charge in [-0.05, 0) is 11.6 Å². The van der Waals surface area contributed by atoms with E-state index < -0.39 is 18.5 Å². The van der Waals surface area contributed by atoms with Crippen molar-refractivity contribution in [2.45, 2.75) is 0 Å². The molecule has 0 radical (unpaired) electrons. The standard InChI is InChI=1S/C5H6ClO5P/c6-4(7)5-1-9-12(8,10-2-5)11-3-5/h1-3H2. The van der Waals surface area contributed by atoms with Crippen molar-refractivity contribution in [3.63, 3.8) is 0 Å². The molecule has 0 saturated carbocycles. The fraction of sp³-hybridized carbons (Fsp3) is 0.800. The Balaban J connectivity index is 2.25. The van der Waals surface area contributed by atoms with Crippen LogP contribution in [0.2, 0.25) is 0 Å². The zero-order chi connectivity index (χ0) is 8.82. The van der Waals surface area contributed by atoms with Crippen molar-refractivity contribution in [2.75, 3.05) is 19.8 Å². The number of hydrogen-bond donors (Lipinski definition) is 0. The van der Waals surface area contributed by atoms with Gasteiger partial charge < -0.3 is 0 Å². The predicted octanol–water partition coefficient (Wildman–Crippen LogP) is 0.923. The SMILES string of the molecule is O=C(Cl)C12COP(=O)(OC1)OC2. The molecule has 12 heavy (non-hydrogen) atoms. The molecule has 0 atom stereocenters. The van der Waals surface area contributed by atoms with Crippen LogP contribution in [0.4, 0.5) is 0 Å². The van der Waals surface area contributed by atoms with Crippen LogP contribution in [0.1, 0.15) is 0 Å². The molecule has 5 nitrogen and oxygen atoms in total. The van der Waals surface area contributed by atoms with Gasteiger partial charge in [0.2, 0.25) is 5.24 Å². The molecule has 3 saturated heterocycles. The molecule has 3 rings (SSSR count). The molecule has 2 bridgehead atoms. The summed E-state index contributed by atoms with van der Waals surface area (Å²) in [7, 11) is -3.32. The average molecular weight is 213 g/mol. The van der Waals surface area contributed by atoms with E-state index in [0.29, 0.717) is 0 Å². The van der Waals surface area contributed by atoms with Gasteiger partial charge in [0.1, 0.15) is 5.41 Å². The van der Waals surface area contributed by atoms with Crippen LogP contribution in [0.5, 0.6) is 0 Å². The van der Waals surface area contributed by atoms with Crippen LogP contribution in [0.3, 0.4) is 0 Å². The molecule has 0 aromatic carbocycles. The average Bonchev–Trinajstić information content (AvgIpc) is 2.06. The normalized spacial score (nSPS) is 46.1. The summed E-state index contributed by atoms with van der Waals surface area (Å²) in [4.78, 5) is 10.9. The van der Waals surface area contributed by atoms with Crippen LogP contribution in [0.25, 0.3) is 0 Å². The number of halogens is 1. The highest BCUT2D eigenvalue weighted by molar-refractivity contribution is 7.48. The van der Waals surface area contributed by atoms with Crippen LogP contribution >= 0.6 is 19.4 Å². The lowest BCUT2D eigenvalue weighted by molar-refractivity contribution is -0.141. The molecular weight excluding hydrogens is 206 g/mol. The second kappa shape index (κ2) is 2.53. The van der Waals surface area contributed by atoms with E-state index in [9.17, 15) is 9.36 Å². The number of phosphoric acid groups is 1. The smallest absolute Gasteiger partial charge is 0.286 e. The molecule has 0 amide bonds. The van der Waals surface area contributed by atoms with Gasteiger partial charge in [-0.3, -0.25) is 18.4 Å². The third-order valence-electron chi connectivity index (χ3n) is 1.91. The lowest BCUT2D eigenvalue weighted by atomic mass is 9.93. The summed E-state index contributed by atoms with van der Waals surface area (Å²) >= 11 is 5.31. The maximum Gasteiger partial charge on any atom is 0.474 e. The zero-order valence-electron chi connectivity index (χ0n) is 5.99. The van der Waals surface area contributed by atoms with Crippen LogP contribution in [0.15, 0.2) is 0 Å². The van der Waals surface area contributed by atoms with Crippen LogP contribution in [-0.2, 0) is 22.9 Å². The number of carbonyl (C=O) groups excluding carboxylic acids is 1. The van der Waals surface area contributed by atoms with E-state index in [1.807, 2.05) is 0 Å². The highest BCUT2D eigenvalue weighted by Gasteiger charge is 2.54. The molecule has 68 valence electrons. The molecule has 7 heteroatoms. The van der Waals surface area contributed by atoms with Crippen molar-refractivity contribution in [3.8, 4) is 0 Å². The van der Waals surface area contributed by atoms with Crippen molar-refractivity contribution >= 4 is 24.7 Å². The van der Waals surface area contributed by atoms with Crippen LogP contribution < -0.4 is 0 Å². The monoisotopic (exact) mass is 212 g/mol. The van der Waals surface area contributed by atoms with Crippen LogP contribution in [0, 0.1) is 5.41 Å². The van der Waals surface area contributed by atoms with Crippen molar-refractivity contribution in [1.29, 1.82) is 0 Å². The first kappa shape index (κ1) is 8.66. The number of fused-ring (bicyclic) bond motifs is 3. The van der Waals surface area contributed by atoms with Crippen molar-refractivity contribution in [3.05, 3.63) is 0 Å². The Morgan fingerprint density at radius 2 is 1.67 bits per heavy atom. The van der Waals surface area contributed by atoms with E-state index in [4.69, 9.17) is 25.2 Å². The Morgan fingerprint density at radius 3 is 2.00 bits per heavy atom. The van der Waals surface area contributed by atoms with Crippen molar-refractivity contribution in [1.82, 2.24) is 0 Å². The lowest BCUT2D eigenvalue weighted by Gasteiger charge is -2.41. The van der Waals surface area contributed by atoms with Gasteiger partial charge in [-0.25, -0.2) is 4.57 Å². The first-order valence-corrected chi connectivity index (χ1v) is 5.14. The van der Waals surface area contributed by atoms with Gasteiger partial charge >= 0.3 is 7.82 Å². The van der Waals surface area contributed by atoms with E-state index in [1.54, 1.807) is 0 Å². The van der Waals surface area contributed by atoms with Crippen molar-refractivity contribution < 1.29 is 22.9 Å². The maximum atomic E-state index is 11.2. The number of carbonyl (C=O) groups is 1. The molecule has 3 aliphatic heterocycles. The third-order valence-corrected chi connectivity index (χ3v) is 3.65. The molecule has 3 fully saturated rings. The van der Waals surface area contributed by atoms with E-state index in [1.165, 1.54) is 0 Å². The van der Waals surface area contributed by atoms with Gasteiger partial charge in [0.05, 0.1) is 19.8 Å². The lowest BCUT2D eigenvalue weighted by Crippen LogP contribution is -2.48. The van der Waals surface area contributed by atoms with E-state index in [-0.39, 0.29) is 19.8 Å². The Hall–Kier alpha value is 0.0700. The third kappa shape index (κ3) is 1.13. The molecule has 0 aromatic heterocycles. The second-order valence-electron chi connectivity index (χ2n) is 2.82. The Morgan fingerprint density at radius 1 is 1.25 bits per heavy atom. The minimum Gasteiger partial charge on any atom is -0.286 e. The van der Waals surface area contributed by atoms with Gasteiger partial charge in [-0.1, -0.05) is 0 Å². The summed E-state index contributed by atoms with van der Waals surface area (Å²) in [5, 5.41) is -0.576. The van der Waals surface area contributed by atoms with Gasteiger partial charge in [-0.2, -0.15) is 0 Å². The molecule has 0 aromatic rings. The van der Waals surface area contributed by atoms with E-state index in [0.717, 1.165) is 0 Å². The molecule has 0 N–H and O–H groups in total. The fourth-order valence-corrected chi connectivity index (χ4v) is 2.62. The Kier molecular flexibility index (Phi) is 1.82. The topological polar surface area (TPSA) is 61.8 Å². The van der Waals surface area contributed by atoms with Crippen LogP contribution in [-0.4, -0.2) is 25.1 Å². The maximum absolute atomic E-state index is 11.2. The number of phosphoric ester groups is 1. The van der Waals surface area contributed by atoms with E-state index in [2.05, 4.69) is 0 Å². The molecule has 3 aliphatic rings. The molecular formula is C5H6ClO5P. The largest absolute Gasteiger partial charge is 0.474 e. The number of rotatable bonds is 1. The molecule has 0 unspecified atom stereocenters. The summed E-state index contributed by atoms with van der Waals surface area (Å²) in [5.74, 6) is 0. The number of hydrogen-bond acceptors (Lipinski definition) is 5. The Bertz CT molecular complexity index is 246. The van der Waals surface area contributed by atoms with Gasteiger partial charge in [0.25, 0.3) is 0 Å². The second-order valence-corrected chi connectivity index (χ2v) is 4.83. The molecule has 3 heterocycles. The summed E-state index contributed by atoms with van der Waals surface area (Å²) in [6.45, 7) is 0.0613. The highest BCUT2D eigenvalue weighted by atomic mass is 35.5. The minimum absolute atomic E-state index is 0.0204. The predicted molar refractivity (Wildman–Crippen MR) is 38.8 cm³/mol. The quantitative estimate of drug-likeness (QED) is 0.478. The summed E-state index contributed by atoms with van der Waals surface area (Å²) in [6.07, 6.45) is 0.